The number of hydrogen-bond acceptors (Lipinski definition) is 3. The standard InChI is InChI=1S/C14H19N3O/c1-12-3-4-13(10-15)9-14(12)18-8-2-6-17-7-5-16-11-17/h3-5,7,9,11H,2,6,8,10,15H2,1H3. The van der Waals surface area contributed by atoms with Crippen LogP contribution in [0.5, 0.6) is 5.75 Å². The summed E-state index contributed by atoms with van der Waals surface area (Å²) >= 11 is 0. The minimum Gasteiger partial charge on any atom is -0.493 e. The average Bonchev–Trinajstić information content (AvgIpc) is 2.89. The molecule has 0 aliphatic carbocycles. The second-order valence-corrected chi connectivity index (χ2v) is 4.31. The largest absolute Gasteiger partial charge is 0.493 e. The lowest BCUT2D eigenvalue weighted by Gasteiger charge is -2.10. The van der Waals surface area contributed by atoms with Crippen LogP contribution in [0.4, 0.5) is 0 Å². The minimum absolute atomic E-state index is 0.547. The van der Waals surface area contributed by atoms with E-state index in [4.69, 9.17) is 10.5 Å². The van der Waals surface area contributed by atoms with Gasteiger partial charge in [0.1, 0.15) is 5.75 Å². The summed E-state index contributed by atoms with van der Waals surface area (Å²) in [5.74, 6) is 0.934. The highest BCUT2D eigenvalue weighted by Crippen LogP contribution is 2.19. The highest BCUT2D eigenvalue weighted by molar-refractivity contribution is 5.36. The van der Waals surface area contributed by atoms with Crippen molar-refractivity contribution >= 4 is 0 Å². The van der Waals surface area contributed by atoms with Crippen LogP contribution in [0.25, 0.3) is 0 Å². The first-order valence-corrected chi connectivity index (χ1v) is 6.17. The van der Waals surface area contributed by atoms with Crippen LogP contribution in [0.2, 0.25) is 0 Å². The lowest BCUT2D eigenvalue weighted by Crippen LogP contribution is -2.05. The highest BCUT2D eigenvalue weighted by atomic mass is 16.5. The van der Waals surface area contributed by atoms with Gasteiger partial charge in [0.15, 0.2) is 0 Å². The number of aryl methyl sites for hydroxylation is 2. The van der Waals surface area contributed by atoms with Gasteiger partial charge in [0.25, 0.3) is 0 Å². The molecule has 2 rings (SSSR count). The maximum atomic E-state index is 5.79. The summed E-state index contributed by atoms with van der Waals surface area (Å²) in [5.41, 5.74) is 7.87. The van der Waals surface area contributed by atoms with E-state index >= 15 is 0 Å². The molecule has 18 heavy (non-hydrogen) atoms. The molecule has 0 fully saturated rings. The first kappa shape index (κ1) is 12.6. The Morgan fingerprint density at radius 3 is 3.00 bits per heavy atom. The number of hydrogen-bond donors (Lipinski definition) is 1. The quantitative estimate of drug-likeness (QED) is 0.793. The van der Waals surface area contributed by atoms with Crippen LogP contribution >= 0.6 is 0 Å². The molecular weight excluding hydrogens is 226 g/mol. The Balaban J connectivity index is 1.82. The Morgan fingerprint density at radius 2 is 2.28 bits per heavy atom. The number of aromatic nitrogens is 2. The molecule has 1 heterocycles. The smallest absolute Gasteiger partial charge is 0.122 e. The highest BCUT2D eigenvalue weighted by Gasteiger charge is 2.01. The van der Waals surface area contributed by atoms with Gasteiger partial charge in [0.05, 0.1) is 12.9 Å². The monoisotopic (exact) mass is 245 g/mol. The van der Waals surface area contributed by atoms with Gasteiger partial charge in [-0.25, -0.2) is 4.98 Å². The molecule has 1 aromatic carbocycles. The number of benzene rings is 1. The SMILES string of the molecule is Cc1ccc(CN)cc1OCCCn1ccnc1. The van der Waals surface area contributed by atoms with Crippen molar-refractivity contribution in [2.75, 3.05) is 6.61 Å². The molecule has 0 saturated carbocycles. The second kappa shape index (κ2) is 6.21. The fourth-order valence-corrected chi connectivity index (χ4v) is 1.78. The molecule has 4 nitrogen and oxygen atoms in total. The number of ether oxygens (including phenoxy) is 1. The van der Waals surface area contributed by atoms with Gasteiger partial charge in [-0.2, -0.15) is 0 Å². The molecule has 0 bridgehead atoms. The summed E-state index contributed by atoms with van der Waals surface area (Å²) in [5, 5.41) is 0. The number of imidazole rings is 1. The molecule has 0 aliphatic heterocycles. The maximum Gasteiger partial charge on any atom is 0.122 e. The number of rotatable bonds is 6. The van der Waals surface area contributed by atoms with Gasteiger partial charge >= 0.3 is 0 Å². The van der Waals surface area contributed by atoms with Crippen molar-refractivity contribution in [3.05, 3.63) is 48.0 Å². The number of nitrogens with zero attached hydrogens (tertiary/aromatic N) is 2. The lowest BCUT2D eigenvalue weighted by atomic mass is 10.1. The predicted molar refractivity (Wildman–Crippen MR) is 71.4 cm³/mol. The predicted octanol–water partition coefficient (Wildman–Crippen LogP) is 2.12. The molecule has 0 saturated heterocycles. The summed E-state index contributed by atoms with van der Waals surface area (Å²) in [6, 6.07) is 6.10. The van der Waals surface area contributed by atoms with E-state index in [1.807, 2.05) is 42.2 Å². The van der Waals surface area contributed by atoms with Crippen molar-refractivity contribution in [3.8, 4) is 5.75 Å². The van der Waals surface area contributed by atoms with Gasteiger partial charge in [-0.15, -0.1) is 0 Å². The van der Waals surface area contributed by atoms with Gasteiger partial charge in [-0.3, -0.25) is 0 Å². The van der Waals surface area contributed by atoms with Crippen molar-refractivity contribution in [2.45, 2.75) is 26.4 Å². The maximum absolute atomic E-state index is 5.79. The Bertz CT molecular complexity index is 480. The zero-order chi connectivity index (χ0) is 12.8. The van der Waals surface area contributed by atoms with E-state index in [9.17, 15) is 0 Å². The second-order valence-electron chi connectivity index (χ2n) is 4.31. The number of nitrogens with two attached hydrogens (primary N) is 1. The molecule has 0 radical (unpaired) electrons. The van der Waals surface area contributed by atoms with Gasteiger partial charge in [-0.1, -0.05) is 12.1 Å². The molecule has 4 heteroatoms. The van der Waals surface area contributed by atoms with Crippen LogP contribution in [0, 0.1) is 6.92 Å². The van der Waals surface area contributed by atoms with E-state index < -0.39 is 0 Å². The summed E-state index contributed by atoms with van der Waals surface area (Å²) in [7, 11) is 0. The average molecular weight is 245 g/mol. The van der Waals surface area contributed by atoms with Crippen LogP contribution in [0.15, 0.2) is 36.9 Å². The van der Waals surface area contributed by atoms with Crippen molar-refractivity contribution in [1.82, 2.24) is 9.55 Å². The van der Waals surface area contributed by atoms with Gasteiger partial charge < -0.3 is 15.0 Å². The van der Waals surface area contributed by atoms with Crippen molar-refractivity contribution in [3.63, 3.8) is 0 Å². The van der Waals surface area contributed by atoms with Crippen LogP contribution in [-0.4, -0.2) is 16.2 Å². The Labute approximate surface area is 107 Å². The summed E-state index contributed by atoms with van der Waals surface area (Å²) in [6.07, 6.45) is 6.53. The van der Waals surface area contributed by atoms with Gasteiger partial charge in [-0.05, 0) is 30.5 Å². The lowest BCUT2D eigenvalue weighted by molar-refractivity contribution is 0.299. The fourth-order valence-electron chi connectivity index (χ4n) is 1.78. The first-order valence-electron chi connectivity index (χ1n) is 6.17. The molecule has 96 valence electrons. The Hall–Kier alpha value is -1.81. The van der Waals surface area contributed by atoms with Crippen LogP contribution < -0.4 is 10.5 Å². The van der Waals surface area contributed by atoms with E-state index in [0.717, 1.165) is 29.8 Å². The molecule has 0 amide bonds. The van der Waals surface area contributed by atoms with E-state index in [0.29, 0.717) is 13.2 Å². The normalized spacial score (nSPS) is 10.6. The molecule has 2 N–H and O–H groups in total. The molecule has 2 aromatic rings. The van der Waals surface area contributed by atoms with E-state index in [2.05, 4.69) is 4.98 Å². The van der Waals surface area contributed by atoms with Gasteiger partial charge in [0.2, 0.25) is 0 Å². The zero-order valence-corrected chi connectivity index (χ0v) is 10.7. The topological polar surface area (TPSA) is 53.1 Å². The van der Waals surface area contributed by atoms with E-state index in [1.54, 1.807) is 6.20 Å². The van der Waals surface area contributed by atoms with Crippen LogP contribution in [0.1, 0.15) is 17.5 Å². The first-order chi connectivity index (χ1) is 8.79. The van der Waals surface area contributed by atoms with E-state index in [-0.39, 0.29) is 0 Å². The molecule has 0 atom stereocenters. The van der Waals surface area contributed by atoms with Crippen molar-refractivity contribution in [1.29, 1.82) is 0 Å². The molecule has 0 unspecified atom stereocenters. The summed E-state index contributed by atoms with van der Waals surface area (Å²) < 4.78 is 7.84. The summed E-state index contributed by atoms with van der Waals surface area (Å²) in [4.78, 5) is 4.00. The Morgan fingerprint density at radius 1 is 1.39 bits per heavy atom. The molecular formula is C14H19N3O. The molecule has 0 spiro atoms. The molecule has 0 aliphatic rings. The van der Waals surface area contributed by atoms with Crippen LogP contribution in [-0.2, 0) is 13.1 Å². The van der Waals surface area contributed by atoms with Crippen molar-refractivity contribution in [2.24, 2.45) is 5.73 Å². The van der Waals surface area contributed by atoms with E-state index in [1.165, 1.54) is 0 Å². The van der Waals surface area contributed by atoms with Gasteiger partial charge in [0, 0.05) is 25.5 Å². The third-order valence-electron chi connectivity index (χ3n) is 2.87. The molecule has 1 aromatic heterocycles. The minimum atomic E-state index is 0.547. The van der Waals surface area contributed by atoms with Crippen LogP contribution in [0.3, 0.4) is 0 Å². The fraction of sp³-hybridized carbons (Fsp3) is 0.357. The summed E-state index contributed by atoms with van der Waals surface area (Å²) in [6.45, 7) is 4.22. The zero-order valence-electron chi connectivity index (χ0n) is 10.7. The third kappa shape index (κ3) is 3.34. The van der Waals surface area contributed by atoms with Crippen molar-refractivity contribution < 1.29 is 4.74 Å². The third-order valence-corrected chi connectivity index (χ3v) is 2.87. The Kier molecular flexibility index (Phi) is 4.36.